The lowest BCUT2D eigenvalue weighted by Crippen LogP contribution is -2.27. The second-order valence-electron chi connectivity index (χ2n) is 5.55. The van der Waals surface area contributed by atoms with Crippen LogP contribution in [-0.2, 0) is 11.3 Å². The number of carbonyl (C=O) groups is 1. The highest BCUT2D eigenvalue weighted by atomic mass is 19.4. The Hall–Kier alpha value is -2.09. The quantitative estimate of drug-likeness (QED) is 0.879. The number of piperidine rings is 1. The van der Waals surface area contributed by atoms with E-state index in [4.69, 9.17) is 15.0 Å². The van der Waals surface area contributed by atoms with Gasteiger partial charge in [-0.15, -0.1) is 0 Å². The van der Waals surface area contributed by atoms with Crippen LogP contribution in [0.4, 0.5) is 13.2 Å². The molecule has 0 amide bonds. The molecule has 2 heterocycles. The van der Waals surface area contributed by atoms with Gasteiger partial charge in [-0.25, -0.2) is 4.79 Å². The summed E-state index contributed by atoms with van der Waals surface area (Å²) in [5.41, 5.74) is 2.59. The van der Waals surface area contributed by atoms with Gasteiger partial charge in [0.25, 0.3) is 0 Å². The molecule has 0 saturated carbocycles. The van der Waals surface area contributed by atoms with Gasteiger partial charge in [-0.3, -0.25) is 4.68 Å². The number of alkyl halides is 3. The molecule has 1 fully saturated rings. The minimum absolute atomic E-state index is 0.670. The molecule has 0 unspecified atom stereocenters. The summed E-state index contributed by atoms with van der Waals surface area (Å²) in [5, 5.41) is 16.6. The van der Waals surface area contributed by atoms with E-state index >= 15 is 0 Å². The highest BCUT2D eigenvalue weighted by Gasteiger charge is 2.38. The monoisotopic (exact) mass is 343 g/mol. The summed E-state index contributed by atoms with van der Waals surface area (Å²) in [5.74, 6) is -2.09. The van der Waals surface area contributed by atoms with Crippen LogP contribution >= 0.6 is 0 Å². The topological polar surface area (TPSA) is 67.2 Å². The van der Waals surface area contributed by atoms with Crippen LogP contribution in [-0.4, -0.2) is 40.1 Å². The fourth-order valence-corrected chi connectivity index (χ4v) is 2.87. The van der Waals surface area contributed by atoms with E-state index in [0.717, 1.165) is 25.2 Å². The van der Waals surface area contributed by atoms with Crippen molar-refractivity contribution in [3.8, 4) is 0 Å². The first-order chi connectivity index (χ1) is 11.3. The number of carboxylic acid groups (broad SMARTS) is 1. The maximum atomic E-state index is 10.6. The summed E-state index contributed by atoms with van der Waals surface area (Å²) >= 11 is 0. The Balaban J connectivity index is 0.000000256. The van der Waals surface area contributed by atoms with E-state index in [9.17, 15) is 13.2 Å². The molecule has 2 aromatic rings. The zero-order valence-electron chi connectivity index (χ0n) is 13.3. The van der Waals surface area contributed by atoms with Crippen LogP contribution in [0, 0.1) is 0 Å². The molecule has 132 valence electrons. The van der Waals surface area contributed by atoms with Gasteiger partial charge in [0.05, 0.1) is 5.52 Å². The fraction of sp³-hybridized carbons (Fsp3) is 0.500. The normalized spacial score (nSPS) is 15.8. The molecule has 1 aromatic carbocycles. The minimum Gasteiger partial charge on any atom is -0.475 e. The van der Waals surface area contributed by atoms with Gasteiger partial charge in [0, 0.05) is 23.5 Å². The number of hydrogen-bond acceptors (Lipinski definition) is 3. The van der Waals surface area contributed by atoms with Crippen molar-refractivity contribution in [1.29, 1.82) is 0 Å². The molecule has 2 N–H and O–H groups in total. The number of aryl methyl sites for hydroxylation is 1. The number of rotatable bonds is 2. The Kier molecular flexibility index (Phi) is 5.82. The van der Waals surface area contributed by atoms with Gasteiger partial charge in [-0.1, -0.05) is 18.2 Å². The number of aliphatic carboxylic acids is 1. The molecule has 1 aliphatic rings. The lowest BCUT2D eigenvalue weighted by molar-refractivity contribution is -0.192. The number of benzene rings is 1. The predicted molar refractivity (Wildman–Crippen MR) is 83.9 cm³/mol. The molecule has 0 spiro atoms. The first-order valence-corrected chi connectivity index (χ1v) is 7.80. The standard InChI is InChI=1S/C14H19N3.C2HF3O2/c1-2-17-14(11-7-9-15-10-8-11)12-5-3-4-6-13(12)16-17;3-2(4,5)1(6)7/h3-6,11,15H,2,7-10H2,1H3;(H,6,7). The first kappa shape index (κ1) is 18.3. The molecular weight excluding hydrogens is 323 g/mol. The Labute approximate surface area is 137 Å². The van der Waals surface area contributed by atoms with Crippen molar-refractivity contribution in [3.63, 3.8) is 0 Å². The van der Waals surface area contributed by atoms with Crippen LogP contribution < -0.4 is 5.32 Å². The van der Waals surface area contributed by atoms with Crippen molar-refractivity contribution in [3.05, 3.63) is 30.0 Å². The van der Waals surface area contributed by atoms with Gasteiger partial charge >= 0.3 is 12.1 Å². The van der Waals surface area contributed by atoms with Crippen LogP contribution in [0.15, 0.2) is 24.3 Å². The lowest BCUT2D eigenvalue weighted by Gasteiger charge is -2.23. The van der Waals surface area contributed by atoms with Crippen molar-refractivity contribution in [2.24, 2.45) is 0 Å². The van der Waals surface area contributed by atoms with Crippen LogP contribution in [0.25, 0.3) is 10.9 Å². The third-order valence-electron chi connectivity index (χ3n) is 3.95. The first-order valence-electron chi connectivity index (χ1n) is 7.80. The third-order valence-corrected chi connectivity index (χ3v) is 3.95. The van der Waals surface area contributed by atoms with Gasteiger partial charge in [0.1, 0.15) is 0 Å². The Morgan fingerprint density at radius 1 is 1.33 bits per heavy atom. The average molecular weight is 343 g/mol. The van der Waals surface area contributed by atoms with Gasteiger partial charge in [0.15, 0.2) is 0 Å². The van der Waals surface area contributed by atoms with Gasteiger partial charge < -0.3 is 10.4 Å². The average Bonchev–Trinajstić information content (AvgIpc) is 2.94. The number of nitrogens with one attached hydrogen (secondary N) is 1. The Bertz CT molecular complexity index is 691. The second kappa shape index (κ2) is 7.65. The minimum atomic E-state index is -5.08. The van der Waals surface area contributed by atoms with E-state index in [1.54, 1.807) is 0 Å². The number of fused-ring (bicyclic) bond motifs is 1. The van der Waals surface area contributed by atoms with E-state index < -0.39 is 12.1 Å². The van der Waals surface area contributed by atoms with Gasteiger partial charge in [-0.2, -0.15) is 18.3 Å². The van der Waals surface area contributed by atoms with E-state index in [0.29, 0.717) is 5.92 Å². The summed E-state index contributed by atoms with van der Waals surface area (Å²) in [4.78, 5) is 8.90. The second-order valence-corrected chi connectivity index (χ2v) is 5.55. The van der Waals surface area contributed by atoms with Crippen LogP contribution in [0.5, 0.6) is 0 Å². The molecule has 5 nitrogen and oxygen atoms in total. The molecule has 3 rings (SSSR count). The number of hydrogen-bond donors (Lipinski definition) is 2. The molecule has 0 bridgehead atoms. The lowest BCUT2D eigenvalue weighted by atomic mass is 9.92. The van der Waals surface area contributed by atoms with Crippen molar-refractivity contribution >= 4 is 16.9 Å². The maximum Gasteiger partial charge on any atom is 0.490 e. The molecule has 1 aliphatic heterocycles. The van der Waals surface area contributed by atoms with Crippen molar-refractivity contribution in [2.75, 3.05) is 13.1 Å². The van der Waals surface area contributed by atoms with E-state index in [1.165, 1.54) is 23.9 Å². The van der Waals surface area contributed by atoms with Crippen LogP contribution in [0.1, 0.15) is 31.4 Å². The van der Waals surface area contributed by atoms with Crippen LogP contribution in [0.2, 0.25) is 0 Å². The zero-order valence-corrected chi connectivity index (χ0v) is 13.3. The van der Waals surface area contributed by atoms with Gasteiger partial charge in [0.2, 0.25) is 0 Å². The summed E-state index contributed by atoms with van der Waals surface area (Å²) in [6.07, 6.45) is -2.62. The molecule has 0 aliphatic carbocycles. The van der Waals surface area contributed by atoms with Crippen molar-refractivity contribution in [2.45, 2.75) is 38.4 Å². The van der Waals surface area contributed by atoms with E-state index in [1.807, 2.05) is 0 Å². The largest absolute Gasteiger partial charge is 0.490 e. The summed E-state index contributed by atoms with van der Waals surface area (Å²) in [6.45, 7) is 5.41. The number of aromatic nitrogens is 2. The maximum absolute atomic E-state index is 10.6. The summed E-state index contributed by atoms with van der Waals surface area (Å²) in [6, 6.07) is 8.52. The molecule has 24 heavy (non-hydrogen) atoms. The van der Waals surface area contributed by atoms with Crippen molar-refractivity contribution in [1.82, 2.24) is 15.1 Å². The third kappa shape index (κ3) is 4.25. The zero-order chi connectivity index (χ0) is 17.7. The molecule has 8 heteroatoms. The molecule has 0 radical (unpaired) electrons. The Morgan fingerprint density at radius 2 is 1.92 bits per heavy atom. The summed E-state index contributed by atoms with van der Waals surface area (Å²) < 4.78 is 33.9. The highest BCUT2D eigenvalue weighted by Crippen LogP contribution is 2.31. The fourth-order valence-electron chi connectivity index (χ4n) is 2.87. The molecular formula is C16H20F3N3O2. The Morgan fingerprint density at radius 3 is 2.46 bits per heavy atom. The number of nitrogens with zero attached hydrogens (tertiary/aromatic N) is 2. The number of halogens is 3. The smallest absolute Gasteiger partial charge is 0.475 e. The molecule has 1 aromatic heterocycles. The number of carboxylic acids is 1. The summed E-state index contributed by atoms with van der Waals surface area (Å²) in [7, 11) is 0. The van der Waals surface area contributed by atoms with Crippen LogP contribution in [0.3, 0.4) is 0 Å². The van der Waals surface area contributed by atoms with Gasteiger partial charge in [-0.05, 0) is 38.9 Å². The van der Waals surface area contributed by atoms with Crippen molar-refractivity contribution < 1.29 is 23.1 Å². The molecule has 0 atom stereocenters. The highest BCUT2D eigenvalue weighted by molar-refractivity contribution is 5.82. The molecule has 1 saturated heterocycles. The predicted octanol–water partition coefficient (Wildman–Crippen LogP) is 3.16. The SMILES string of the molecule is CCn1nc2ccccc2c1C1CCNCC1.O=C(O)C(F)(F)F. The van der Waals surface area contributed by atoms with E-state index in [-0.39, 0.29) is 0 Å². The van der Waals surface area contributed by atoms with E-state index in [2.05, 4.69) is 41.2 Å².